The van der Waals surface area contributed by atoms with Crippen LogP contribution in [0.3, 0.4) is 0 Å². The van der Waals surface area contributed by atoms with Crippen LogP contribution in [0.1, 0.15) is 158 Å². The van der Waals surface area contributed by atoms with Crippen LogP contribution >= 0.6 is 0 Å². The van der Waals surface area contributed by atoms with Gasteiger partial charge in [-0.15, -0.1) is 10.2 Å². The van der Waals surface area contributed by atoms with Crippen molar-refractivity contribution in [2.24, 2.45) is 11.3 Å². The first-order valence-corrected chi connectivity index (χ1v) is 42.5. The van der Waals surface area contributed by atoms with E-state index in [2.05, 4.69) is 73.0 Å². The second-order valence-corrected chi connectivity index (χ2v) is 33.4. The molecule has 13 rings (SSSR count). The lowest BCUT2D eigenvalue weighted by atomic mass is 9.67. The average molecular weight is 1680 g/mol. The normalized spacial score (nSPS) is 20.9. The number of para-hydroxylation sites is 1. The number of piperazine rings is 1. The minimum absolute atomic E-state index is 0.00431. The Morgan fingerprint density at radius 1 is 0.754 bits per heavy atom. The lowest BCUT2D eigenvalue weighted by Gasteiger charge is -2.44. The zero-order valence-corrected chi connectivity index (χ0v) is 69.7. The van der Waals surface area contributed by atoms with E-state index in [9.17, 15) is 63.7 Å². The molecule has 2 bridgehead atoms. The monoisotopic (exact) mass is 1680 g/mol. The standard InChI is InChI=1S/C88H111N17O17/c1-54(2)79(84(114)103-51-63(107)43-71(103)83(113)93-55(3)58-21-17-56(48-89)18-22-58)74-47-76(99-122-74)118-41-40-101-38-30-64(31-39-101)120-65-44-66(45-65)121-75-42-60(29-36-90-75)104-61-25-26-62(104)50-102(49-61)70-46-69(67-14-7-8-16-73(67)108)97-98-80(70)96-87(117)119-53-57-19-23-59(24-20-57)94-81(111)68(15-9-12-37-100(4)5)95-86(116)88(32-13-33-88)85(115)92-35-11-6-10-34-91-82(112)72(52-106)105-77(109)27-28-78(105)110/h7-8,14,16-24,27-29,36,42,46-47,54-55,61-66,68,71-72,79,106-108H,6,9-13,15,25-26,30-35,37-41,43-45,49-53H2,1-5H3,(H,91,112)(H,92,115)(H,93,113)(H,94,111)(H,95,116)(H,96,98,117)/t55-,61?,62?,63-,65?,66?,68+,71+,72+,79-/m1/s1. The van der Waals surface area contributed by atoms with Gasteiger partial charge in [-0.25, -0.2) is 9.78 Å². The molecular weight excluding hydrogens is 1570 g/mol. The molecule has 0 radical (unpaired) electrons. The van der Waals surface area contributed by atoms with Crippen molar-refractivity contribution in [3.05, 3.63) is 138 Å². The highest BCUT2D eigenvalue weighted by molar-refractivity contribution is 6.15. The number of phenols is 1. The lowest BCUT2D eigenvalue weighted by Crippen LogP contribution is -2.58. The zero-order chi connectivity index (χ0) is 86.1. The number of rotatable bonds is 39. The fourth-order valence-corrected chi connectivity index (χ4v) is 17.1. The zero-order valence-electron chi connectivity index (χ0n) is 69.7. The molecule has 3 aromatic heterocycles. The van der Waals surface area contributed by atoms with Gasteiger partial charge in [0.1, 0.15) is 54.5 Å². The quantitative estimate of drug-likeness (QED) is 0.0109. The molecule has 122 heavy (non-hydrogen) atoms. The maximum atomic E-state index is 14.2. The number of fused-ring (bicyclic) bond motifs is 2. The number of likely N-dealkylation sites (tertiary alicyclic amines) is 2. The van der Waals surface area contributed by atoms with Gasteiger partial charge in [0.15, 0.2) is 11.6 Å². The van der Waals surface area contributed by atoms with Gasteiger partial charge in [0.2, 0.25) is 41.3 Å². The Kier molecular flexibility index (Phi) is 29.5. The van der Waals surface area contributed by atoms with Gasteiger partial charge in [-0.2, -0.15) is 5.26 Å². The fraction of sp³-hybridized carbons (Fsp3) is 0.523. The number of carbonyl (C=O) groups is 9. The molecule has 6 fully saturated rings. The molecule has 2 unspecified atom stereocenters. The Balaban J connectivity index is 0.542. The Morgan fingerprint density at radius 3 is 2.16 bits per heavy atom. The second kappa shape index (κ2) is 40.8. The molecule has 9 amide bonds. The number of ether oxygens (including phenoxy) is 4. The van der Waals surface area contributed by atoms with Crippen LogP contribution in [-0.2, 0) is 54.4 Å². The molecule has 4 saturated heterocycles. The van der Waals surface area contributed by atoms with Gasteiger partial charge in [-0.1, -0.05) is 56.7 Å². The van der Waals surface area contributed by atoms with E-state index in [1.807, 2.05) is 58.0 Å². The van der Waals surface area contributed by atoms with Crippen molar-refractivity contribution in [1.29, 1.82) is 5.26 Å². The Bertz CT molecular complexity index is 4720. The molecule has 9 N–H and O–H groups in total. The fourth-order valence-electron chi connectivity index (χ4n) is 17.1. The number of pyridine rings is 1. The first-order chi connectivity index (χ1) is 58.9. The van der Waals surface area contributed by atoms with E-state index in [4.69, 9.17) is 23.5 Å². The Hall–Kier alpha value is -11.6. The number of piperidine rings is 1. The minimum atomic E-state index is -1.35. The van der Waals surface area contributed by atoms with E-state index in [1.54, 1.807) is 85.1 Å². The molecule has 2 saturated carbocycles. The predicted octanol–water partition coefficient (Wildman–Crippen LogP) is 6.77. The number of nitriles is 1. The summed E-state index contributed by atoms with van der Waals surface area (Å²) in [5.74, 6) is -3.84. The number of aromatic hydroxyl groups is 1. The topological polar surface area (TPSA) is 431 Å². The van der Waals surface area contributed by atoms with E-state index in [1.165, 1.54) is 4.90 Å². The number of unbranched alkanes of at least 4 members (excludes halogenated alkanes) is 3. The van der Waals surface area contributed by atoms with Crippen molar-refractivity contribution in [3.8, 4) is 34.8 Å². The first-order valence-electron chi connectivity index (χ1n) is 42.5. The number of hydrogen-bond donors (Lipinski definition) is 9. The van der Waals surface area contributed by atoms with Crippen molar-refractivity contribution in [2.75, 3.05) is 107 Å². The van der Waals surface area contributed by atoms with E-state index in [0.717, 1.165) is 88.0 Å². The third-order valence-corrected chi connectivity index (χ3v) is 24.1. The second-order valence-electron chi connectivity index (χ2n) is 33.4. The molecule has 5 aliphatic heterocycles. The summed E-state index contributed by atoms with van der Waals surface area (Å²) in [5, 5.41) is 71.0. The number of nitrogens with zero attached hydrogens (tertiary/aromatic N) is 11. The predicted molar refractivity (Wildman–Crippen MR) is 448 cm³/mol. The van der Waals surface area contributed by atoms with Gasteiger partial charge >= 0.3 is 6.09 Å². The molecule has 34 nitrogen and oxygen atoms in total. The summed E-state index contributed by atoms with van der Waals surface area (Å²) in [6.07, 6.45) is 12.1. The summed E-state index contributed by atoms with van der Waals surface area (Å²) in [7, 11) is 3.91. The van der Waals surface area contributed by atoms with Crippen LogP contribution in [0.25, 0.3) is 11.3 Å². The summed E-state index contributed by atoms with van der Waals surface area (Å²) in [6.45, 7) is 9.79. The number of carbonyl (C=O) groups excluding carboxylic acids is 9. The number of aliphatic hydroxyl groups is 2. The Morgan fingerprint density at radius 2 is 1.48 bits per heavy atom. The van der Waals surface area contributed by atoms with Crippen molar-refractivity contribution in [3.63, 3.8) is 0 Å². The van der Waals surface area contributed by atoms with E-state index in [-0.39, 0.29) is 98.2 Å². The number of phenolic OH excluding ortho intramolecular Hbond substituents is 1. The van der Waals surface area contributed by atoms with Gasteiger partial charge in [-0.05, 0) is 175 Å². The van der Waals surface area contributed by atoms with E-state index >= 15 is 0 Å². The molecule has 8 heterocycles. The molecule has 8 atom stereocenters. The number of aliphatic hydroxyl groups excluding tert-OH is 2. The largest absolute Gasteiger partial charge is 0.507 e. The van der Waals surface area contributed by atoms with Crippen LogP contribution in [0.15, 0.2) is 120 Å². The van der Waals surface area contributed by atoms with Crippen LogP contribution in [0.5, 0.6) is 17.5 Å². The molecule has 2 aliphatic carbocycles. The molecule has 3 aromatic carbocycles. The van der Waals surface area contributed by atoms with E-state index in [0.29, 0.717) is 128 Å². The lowest BCUT2D eigenvalue weighted by molar-refractivity contribution is -0.151. The molecular formula is C88H111N17O17. The van der Waals surface area contributed by atoms with Crippen LogP contribution in [0, 0.1) is 22.7 Å². The number of amides is 9. The van der Waals surface area contributed by atoms with Crippen LogP contribution in [0.2, 0.25) is 0 Å². The number of aromatic nitrogens is 4. The third kappa shape index (κ3) is 21.8. The smallest absolute Gasteiger partial charge is 0.413 e. The number of anilines is 4. The van der Waals surface area contributed by atoms with Crippen LogP contribution in [-0.4, -0.2) is 249 Å². The maximum absolute atomic E-state index is 14.2. The summed E-state index contributed by atoms with van der Waals surface area (Å²) in [5.41, 5.74) is 3.48. The van der Waals surface area contributed by atoms with Gasteiger partial charge in [0, 0.05) is 131 Å². The van der Waals surface area contributed by atoms with Gasteiger partial charge in [-0.3, -0.25) is 53.5 Å². The number of nitrogens with one attached hydrogen (secondary N) is 6. The highest BCUT2D eigenvalue weighted by atomic mass is 16.6. The summed E-state index contributed by atoms with van der Waals surface area (Å²) < 4.78 is 30.7. The number of imide groups is 1. The van der Waals surface area contributed by atoms with E-state index < -0.39 is 89.7 Å². The van der Waals surface area contributed by atoms with Crippen molar-refractivity contribution in [1.82, 2.24) is 61.2 Å². The molecule has 7 aliphatic rings. The summed E-state index contributed by atoms with van der Waals surface area (Å²) in [6, 6.07) is 26.7. The van der Waals surface area contributed by atoms with Crippen LogP contribution in [0.4, 0.5) is 27.7 Å². The Labute approximate surface area is 708 Å². The van der Waals surface area contributed by atoms with Crippen molar-refractivity contribution in [2.45, 2.75) is 197 Å². The first kappa shape index (κ1) is 88.2. The van der Waals surface area contributed by atoms with Crippen molar-refractivity contribution < 1.29 is 81.9 Å². The number of hydrogen-bond acceptors (Lipinski definition) is 26. The number of benzene rings is 3. The highest BCUT2D eigenvalue weighted by Crippen LogP contribution is 2.44. The minimum Gasteiger partial charge on any atom is -0.507 e. The molecule has 34 heteroatoms. The maximum Gasteiger partial charge on any atom is 0.413 e. The average Bonchev–Trinajstić information content (AvgIpc) is 1.47. The highest BCUT2D eigenvalue weighted by Gasteiger charge is 2.52. The number of β-amino-alcohol motifs (C(OH)–C–C–N with tert-alkyl or cyclic N) is 1. The van der Waals surface area contributed by atoms with Crippen molar-refractivity contribution >= 4 is 76.2 Å². The summed E-state index contributed by atoms with van der Waals surface area (Å²) >= 11 is 0. The van der Waals surface area contributed by atoms with Crippen LogP contribution < -0.4 is 51.2 Å². The third-order valence-electron chi connectivity index (χ3n) is 24.1. The molecule has 650 valence electrons. The summed E-state index contributed by atoms with van der Waals surface area (Å²) in [4.78, 5) is 136. The van der Waals surface area contributed by atoms with Gasteiger partial charge < -0.3 is 85.0 Å². The van der Waals surface area contributed by atoms with Gasteiger partial charge in [0.25, 0.3) is 17.7 Å². The molecule has 6 aromatic rings. The SMILES string of the molecule is CC(C)[C@@H](C(=O)N1C[C@H](O)C[C@H]1C(=O)N[C@H](C)c1ccc(C#N)cc1)c1cc(OCCN2CCC(OC3CC(Oc4cc(N5C6CCC5CN(c5cc(-c7ccccc7O)nnc5NC(=O)OCc5ccc(NC(=O)[C@H](CCCCN(C)C)NC(=O)C7(C(=O)NCCCCCNC(=O)[C@H](CO)N8C(=O)C=CC8=O)CCC7)cc5)C6)ccn4)C3)CC2)no1. The molecule has 0 spiro atoms. The van der Waals surface area contributed by atoms with Gasteiger partial charge in [0.05, 0.1) is 54.0 Å².